The quantitative estimate of drug-likeness (QED) is 0.561. The Labute approximate surface area is 165 Å². The van der Waals surface area contributed by atoms with Gasteiger partial charge in [-0.25, -0.2) is 18.1 Å². The zero-order valence-corrected chi connectivity index (χ0v) is 16.5. The van der Waals surface area contributed by atoms with Crippen molar-refractivity contribution in [3.8, 4) is 11.1 Å². The summed E-state index contributed by atoms with van der Waals surface area (Å²) >= 11 is 0. The number of hydrogen-bond acceptors (Lipinski definition) is 4. The summed E-state index contributed by atoms with van der Waals surface area (Å²) in [6, 6.07) is 7.71. The molecule has 0 aliphatic heterocycles. The Morgan fingerprint density at radius 1 is 1.17 bits per heavy atom. The molecule has 0 radical (unpaired) electrons. The minimum atomic E-state index is -4.53. The van der Waals surface area contributed by atoms with Crippen molar-refractivity contribution < 1.29 is 26.7 Å². The Morgan fingerprint density at radius 2 is 1.83 bits per heavy atom. The number of nitrogens with one attached hydrogen (secondary N) is 2. The number of halogens is 3. The summed E-state index contributed by atoms with van der Waals surface area (Å²) < 4.78 is 66.4. The number of rotatable bonds is 6. The predicted molar refractivity (Wildman–Crippen MR) is 103 cm³/mol. The lowest BCUT2D eigenvalue weighted by atomic mass is 10.0. The van der Waals surface area contributed by atoms with Gasteiger partial charge in [-0.3, -0.25) is 0 Å². The Balaban J connectivity index is 1.96. The second-order valence-electron chi connectivity index (χ2n) is 6.98. The van der Waals surface area contributed by atoms with E-state index in [0.717, 1.165) is 6.07 Å². The van der Waals surface area contributed by atoms with E-state index in [1.165, 1.54) is 30.5 Å². The first-order chi connectivity index (χ1) is 13.5. The van der Waals surface area contributed by atoms with Crippen molar-refractivity contribution in [3.05, 3.63) is 48.3 Å². The molecule has 2 aromatic heterocycles. The van der Waals surface area contributed by atoms with Crippen molar-refractivity contribution in [2.45, 2.75) is 31.0 Å². The number of alkyl halides is 3. The molecule has 29 heavy (non-hydrogen) atoms. The fourth-order valence-electron chi connectivity index (χ4n) is 2.90. The van der Waals surface area contributed by atoms with E-state index in [4.69, 9.17) is 0 Å². The molecule has 0 unspecified atom stereocenters. The van der Waals surface area contributed by atoms with E-state index in [0.29, 0.717) is 11.1 Å². The van der Waals surface area contributed by atoms with Crippen LogP contribution in [0.4, 0.5) is 13.2 Å². The van der Waals surface area contributed by atoms with Gasteiger partial charge in [0.15, 0.2) is 0 Å². The molecule has 1 aromatic carbocycles. The number of fused-ring (bicyclic) bond motifs is 1. The molecule has 3 N–H and O–H groups in total. The maximum atomic E-state index is 13.0. The van der Waals surface area contributed by atoms with E-state index in [2.05, 4.69) is 14.7 Å². The molecule has 0 bridgehead atoms. The van der Waals surface area contributed by atoms with Gasteiger partial charge in [-0.2, -0.15) is 13.2 Å². The maximum Gasteiger partial charge on any atom is 0.431 e. The molecule has 10 heteroatoms. The second kappa shape index (κ2) is 7.77. The summed E-state index contributed by atoms with van der Waals surface area (Å²) in [5.74, 6) is -0.101. The number of sulfonamides is 1. The van der Waals surface area contributed by atoms with E-state index in [1.54, 1.807) is 19.9 Å². The van der Waals surface area contributed by atoms with Crippen LogP contribution in [0.5, 0.6) is 0 Å². The minimum Gasteiger partial charge on any atom is -0.395 e. The molecule has 0 saturated carbocycles. The van der Waals surface area contributed by atoms with E-state index in [-0.39, 0.29) is 28.5 Å². The highest BCUT2D eigenvalue weighted by molar-refractivity contribution is 7.89. The smallest absolute Gasteiger partial charge is 0.395 e. The molecule has 1 atom stereocenters. The summed E-state index contributed by atoms with van der Waals surface area (Å²) in [5.41, 5.74) is 0.233. The number of aromatic amines is 1. The van der Waals surface area contributed by atoms with Crippen LogP contribution in [-0.2, 0) is 16.2 Å². The zero-order valence-electron chi connectivity index (χ0n) is 15.7. The first-order valence-corrected chi connectivity index (χ1v) is 10.3. The van der Waals surface area contributed by atoms with Crippen LogP contribution < -0.4 is 4.72 Å². The number of H-pyrrole nitrogens is 1. The number of aliphatic hydroxyl groups is 1. The molecule has 0 saturated heterocycles. The van der Waals surface area contributed by atoms with Gasteiger partial charge in [-0.15, -0.1) is 0 Å². The van der Waals surface area contributed by atoms with E-state index in [1.807, 2.05) is 0 Å². The third-order valence-corrected chi connectivity index (χ3v) is 6.13. The highest BCUT2D eigenvalue weighted by Gasteiger charge is 2.33. The maximum absolute atomic E-state index is 13.0. The van der Waals surface area contributed by atoms with Crippen LogP contribution in [0.25, 0.3) is 22.2 Å². The zero-order chi connectivity index (χ0) is 21.4. The number of benzene rings is 1. The summed E-state index contributed by atoms with van der Waals surface area (Å²) in [6.45, 7) is 3.24. The normalized spacial score (nSPS) is 13.9. The van der Waals surface area contributed by atoms with Crippen molar-refractivity contribution in [1.82, 2.24) is 14.7 Å². The van der Waals surface area contributed by atoms with Crippen LogP contribution in [0, 0.1) is 5.92 Å². The van der Waals surface area contributed by atoms with Gasteiger partial charge >= 0.3 is 6.18 Å². The van der Waals surface area contributed by atoms with Crippen LogP contribution >= 0.6 is 0 Å². The summed E-state index contributed by atoms with van der Waals surface area (Å²) in [4.78, 5) is 6.18. The van der Waals surface area contributed by atoms with Crippen LogP contribution in [0.2, 0.25) is 0 Å². The average Bonchev–Trinajstić information content (AvgIpc) is 3.11. The molecule has 156 valence electrons. The summed E-state index contributed by atoms with van der Waals surface area (Å²) in [7, 11) is -3.85. The lowest BCUT2D eigenvalue weighted by Crippen LogP contribution is -2.41. The fraction of sp³-hybridized carbons (Fsp3) is 0.316. The van der Waals surface area contributed by atoms with Crippen LogP contribution in [0.15, 0.2) is 47.5 Å². The highest BCUT2D eigenvalue weighted by atomic mass is 32.2. The monoisotopic (exact) mass is 427 g/mol. The van der Waals surface area contributed by atoms with Crippen molar-refractivity contribution in [2.75, 3.05) is 6.61 Å². The number of aliphatic hydroxyl groups excluding tert-OH is 1. The number of pyridine rings is 1. The third-order valence-electron chi connectivity index (χ3n) is 4.62. The Bertz CT molecular complexity index is 1110. The van der Waals surface area contributed by atoms with Crippen molar-refractivity contribution in [3.63, 3.8) is 0 Å². The van der Waals surface area contributed by atoms with Crippen molar-refractivity contribution >= 4 is 21.1 Å². The Hall–Kier alpha value is -2.43. The van der Waals surface area contributed by atoms with Gasteiger partial charge in [0.25, 0.3) is 0 Å². The van der Waals surface area contributed by atoms with Gasteiger partial charge in [-0.1, -0.05) is 26.0 Å². The fourth-order valence-corrected chi connectivity index (χ4v) is 4.27. The predicted octanol–water partition coefficient (Wildman–Crippen LogP) is 3.54. The number of nitrogens with zero attached hydrogens (tertiary/aromatic N) is 1. The molecule has 3 rings (SSSR count). The molecule has 0 amide bonds. The summed E-state index contributed by atoms with van der Waals surface area (Å²) in [5, 5.41) is 9.63. The van der Waals surface area contributed by atoms with E-state index in [9.17, 15) is 26.7 Å². The molecule has 3 aromatic rings. The highest BCUT2D eigenvalue weighted by Crippen LogP contribution is 2.34. The lowest BCUT2D eigenvalue weighted by molar-refractivity contribution is -0.140. The van der Waals surface area contributed by atoms with Crippen molar-refractivity contribution in [1.29, 1.82) is 0 Å². The van der Waals surface area contributed by atoms with Crippen LogP contribution in [0.3, 0.4) is 0 Å². The number of aromatic nitrogens is 2. The standard InChI is InChI=1S/C19H20F3N3O3S/c1-11(2)16(10-26)25-29(27,28)13-5-3-12(4-6-13)14-7-8-23-18-15(14)9-17(24-18)19(20,21)22/h3-9,11,16,25-26H,10H2,1-2H3,(H,23,24)/t16-/m1/s1. The molecule has 0 aliphatic carbocycles. The first kappa shape index (κ1) is 21.3. The second-order valence-corrected chi connectivity index (χ2v) is 8.69. The molecular formula is C19H20F3N3O3S. The Morgan fingerprint density at radius 3 is 2.38 bits per heavy atom. The topological polar surface area (TPSA) is 95.1 Å². The molecule has 0 fully saturated rings. The van der Waals surface area contributed by atoms with Gasteiger partial charge in [0.1, 0.15) is 11.3 Å². The number of hydrogen-bond donors (Lipinski definition) is 3. The van der Waals surface area contributed by atoms with Gasteiger partial charge < -0.3 is 10.1 Å². The van der Waals surface area contributed by atoms with Crippen LogP contribution in [0.1, 0.15) is 19.5 Å². The molecule has 2 heterocycles. The SMILES string of the molecule is CC(C)[C@@H](CO)NS(=O)(=O)c1ccc(-c2ccnc3[nH]c(C(F)(F)F)cc23)cc1. The van der Waals surface area contributed by atoms with Crippen molar-refractivity contribution in [2.24, 2.45) is 5.92 Å². The molecule has 0 spiro atoms. The van der Waals surface area contributed by atoms with E-state index >= 15 is 0 Å². The average molecular weight is 427 g/mol. The Kier molecular flexibility index (Phi) is 5.70. The van der Waals surface area contributed by atoms with E-state index < -0.39 is 27.9 Å². The molecule has 0 aliphatic rings. The van der Waals surface area contributed by atoms with Crippen LogP contribution in [-0.4, -0.2) is 36.1 Å². The van der Waals surface area contributed by atoms with Gasteiger partial charge in [0.05, 0.1) is 11.5 Å². The minimum absolute atomic E-state index is 0.00398. The largest absolute Gasteiger partial charge is 0.431 e. The van der Waals surface area contributed by atoms with Gasteiger partial charge in [0, 0.05) is 17.6 Å². The lowest BCUT2D eigenvalue weighted by Gasteiger charge is -2.19. The summed E-state index contributed by atoms with van der Waals surface area (Å²) in [6.07, 6.45) is -3.14. The van der Waals surface area contributed by atoms with Gasteiger partial charge in [-0.05, 0) is 41.3 Å². The first-order valence-electron chi connectivity index (χ1n) is 8.81. The molecule has 6 nitrogen and oxygen atoms in total. The molecular weight excluding hydrogens is 407 g/mol. The third kappa shape index (κ3) is 4.44. The van der Waals surface area contributed by atoms with Gasteiger partial charge in [0.2, 0.25) is 10.0 Å².